The number of hydrogen-bond donors (Lipinski definition) is 1. The molecule has 3 aromatic carbocycles. The molecule has 0 saturated heterocycles. The maximum atomic E-state index is 13.4. The molecular weight excluding hydrogens is 422 g/mol. The van der Waals surface area contributed by atoms with E-state index >= 15 is 0 Å². The quantitative estimate of drug-likeness (QED) is 0.485. The number of hydrogen-bond acceptors (Lipinski definition) is 3. The number of carbonyl (C=O) groups is 2. The van der Waals surface area contributed by atoms with Crippen molar-refractivity contribution in [3.8, 4) is 0 Å². The molecule has 0 bridgehead atoms. The third-order valence-corrected chi connectivity index (χ3v) is 6.31. The van der Waals surface area contributed by atoms with E-state index in [2.05, 4.69) is 13.8 Å². The maximum absolute atomic E-state index is 13.4. The van der Waals surface area contributed by atoms with Gasteiger partial charge in [-0.1, -0.05) is 80.0 Å². The fourth-order valence-corrected chi connectivity index (χ4v) is 4.36. The van der Waals surface area contributed by atoms with Gasteiger partial charge in [-0.15, -0.1) is 0 Å². The van der Waals surface area contributed by atoms with E-state index in [-0.39, 0.29) is 12.2 Å². The minimum absolute atomic E-state index is 0.285. The van der Waals surface area contributed by atoms with Crippen molar-refractivity contribution in [1.29, 1.82) is 0 Å². The van der Waals surface area contributed by atoms with Gasteiger partial charge in [0.05, 0.1) is 12.1 Å². The summed E-state index contributed by atoms with van der Waals surface area (Å²) in [5.74, 6) is -0.420. The van der Waals surface area contributed by atoms with Crippen LogP contribution in [0.25, 0.3) is 0 Å². The fraction of sp³-hybridized carbons (Fsp3) is 0.259. The van der Waals surface area contributed by atoms with Gasteiger partial charge in [-0.2, -0.15) is 0 Å². The van der Waals surface area contributed by atoms with Crippen molar-refractivity contribution >= 4 is 29.0 Å². The predicted octanol–water partition coefficient (Wildman–Crippen LogP) is 5.51. The van der Waals surface area contributed by atoms with Crippen molar-refractivity contribution in [2.75, 3.05) is 11.4 Å². The molecule has 0 fully saturated rings. The maximum Gasteiger partial charge on any atom is 0.264 e. The molecule has 4 nitrogen and oxygen atoms in total. The minimum Gasteiger partial charge on any atom is -0.375 e. The van der Waals surface area contributed by atoms with Gasteiger partial charge in [0.2, 0.25) is 0 Å². The van der Waals surface area contributed by atoms with Crippen molar-refractivity contribution in [2.45, 2.75) is 38.2 Å². The molecule has 1 atom stereocenters. The summed E-state index contributed by atoms with van der Waals surface area (Å²) in [5.41, 5.74) is 1.73. The first-order valence-corrected chi connectivity index (χ1v) is 11.2. The molecule has 4 rings (SSSR count). The molecule has 1 aliphatic rings. The van der Waals surface area contributed by atoms with Gasteiger partial charge in [-0.05, 0) is 41.7 Å². The number of ketones is 1. The highest BCUT2D eigenvalue weighted by atomic mass is 35.5. The third kappa shape index (κ3) is 4.21. The Morgan fingerprint density at radius 1 is 1.03 bits per heavy atom. The number of benzene rings is 3. The first-order valence-electron chi connectivity index (χ1n) is 10.8. The van der Waals surface area contributed by atoms with Crippen molar-refractivity contribution in [2.24, 2.45) is 0 Å². The van der Waals surface area contributed by atoms with E-state index in [1.807, 2.05) is 42.5 Å². The van der Waals surface area contributed by atoms with E-state index in [0.29, 0.717) is 40.7 Å². The topological polar surface area (TPSA) is 57.6 Å². The molecule has 3 aromatic rings. The SMILES string of the molecule is CC(C)c1ccc(C(=O)C[C@]2(O)C(=O)N(CCc3ccccc3)c3ccc(Cl)cc32)cc1. The average molecular weight is 448 g/mol. The van der Waals surface area contributed by atoms with Crippen molar-refractivity contribution < 1.29 is 14.7 Å². The summed E-state index contributed by atoms with van der Waals surface area (Å²) in [6.45, 7) is 4.57. The zero-order chi connectivity index (χ0) is 22.9. The highest BCUT2D eigenvalue weighted by Gasteiger charge is 2.50. The third-order valence-electron chi connectivity index (χ3n) is 6.08. The molecule has 1 N–H and O–H groups in total. The average Bonchev–Trinajstić information content (AvgIpc) is 2.99. The molecule has 1 heterocycles. The van der Waals surface area contributed by atoms with Crippen LogP contribution in [0.3, 0.4) is 0 Å². The number of nitrogens with zero attached hydrogens (tertiary/aromatic N) is 1. The number of anilines is 1. The molecule has 1 aliphatic heterocycles. The molecule has 0 aliphatic carbocycles. The van der Waals surface area contributed by atoms with Crippen LogP contribution in [0.2, 0.25) is 5.02 Å². The lowest BCUT2D eigenvalue weighted by Crippen LogP contribution is -2.42. The van der Waals surface area contributed by atoms with Crippen LogP contribution in [0.5, 0.6) is 0 Å². The Hall–Kier alpha value is -2.95. The normalized spacial score (nSPS) is 17.7. The molecular formula is C27H26ClNO3. The molecule has 1 amide bonds. The predicted molar refractivity (Wildman–Crippen MR) is 127 cm³/mol. The van der Waals surface area contributed by atoms with Crippen LogP contribution in [-0.2, 0) is 16.8 Å². The van der Waals surface area contributed by atoms with E-state index in [1.165, 1.54) is 0 Å². The Bertz CT molecular complexity index is 1140. The van der Waals surface area contributed by atoms with Crippen LogP contribution in [0, 0.1) is 0 Å². The van der Waals surface area contributed by atoms with Gasteiger partial charge in [-0.3, -0.25) is 9.59 Å². The second kappa shape index (κ2) is 8.89. The second-order valence-corrected chi connectivity index (χ2v) is 9.03. The highest BCUT2D eigenvalue weighted by molar-refractivity contribution is 6.31. The lowest BCUT2D eigenvalue weighted by molar-refractivity contribution is -0.135. The van der Waals surface area contributed by atoms with E-state index < -0.39 is 11.5 Å². The first-order chi connectivity index (χ1) is 15.3. The summed E-state index contributed by atoms with van der Waals surface area (Å²) < 4.78 is 0. The van der Waals surface area contributed by atoms with Gasteiger partial charge in [0.25, 0.3) is 5.91 Å². The molecule has 5 heteroatoms. The van der Waals surface area contributed by atoms with Gasteiger partial charge in [-0.25, -0.2) is 0 Å². The van der Waals surface area contributed by atoms with Crippen LogP contribution < -0.4 is 4.90 Å². The van der Waals surface area contributed by atoms with Crippen LogP contribution in [-0.4, -0.2) is 23.3 Å². The van der Waals surface area contributed by atoms with Crippen LogP contribution >= 0.6 is 11.6 Å². The van der Waals surface area contributed by atoms with Crippen LogP contribution in [0.15, 0.2) is 72.8 Å². The number of aliphatic hydroxyl groups is 1. The van der Waals surface area contributed by atoms with E-state index in [9.17, 15) is 14.7 Å². The van der Waals surface area contributed by atoms with Crippen LogP contribution in [0.4, 0.5) is 5.69 Å². The van der Waals surface area contributed by atoms with E-state index in [1.54, 1.807) is 35.2 Å². The molecule has 164 valence electrons. The van der Waals surface area contributed by atoms with Gasteiger partial charge in [0.15, 0.2) is 11.4 Å². The van der Waals surface area contributed by atoms with Gasteiger partial charge in [0, 0.05) is 22.7 Å². The Labute approximate surface area is 193 Å². The van der Waals surface area contributed by atoms with Gasteiger partial charge >= 0.3 is 0 Å². The first kappa shape index (κ1) is 22.3. The van der Waals surface area contributed by atoms with E-state index in [4.69, 9.17) is 11.6 Å². The number of fused-ring (bicyclic) bond motifs is 1. The van der Waals surface area contributed by atoms with Crippen molar-refractivity contribution in [3.63, 3.8) is 0 Å². The molecule has 0 unspecified atom stereocenters. The zero-order valence-corrected chi connectivity index (χ0v) is 19.0. The Balaban J connectivity index is 1.61. The Kier molecular flexibility index (Phi) is 6.18. The summed E-state index contributed by atoms with van der Waals surface area (Å²) in [5, 5.41) is 11.9. The summed E-state index contributed by atoms with van der Waals surface area (Å²) in [6, 6.07) is 22.2. The largest absolute Gasteiger partial charge is 0.375 e. The summed E-state index contributed by atoms with van der Waals surface area (Å²) in [6.07, 6.45) is 0.303. The monoisotopic (exact) mass is 447 g/mol. The zero-order valence-electron chi connectivity index (χ0n) is 18.2. The standard InChI is InChI=1S/C27H26ClNO3/c1-18(2)20-8-10-21(11-9-20)25(30)17-27(32)23-16-22(28)12-13-24(23)29(26(27)31)15-14-19-6-4-3-5-7-19/h3-13,16,18,32H,14-15,17H2,1-2H3/t27-/m1/s1. The molecule has 0 radical (unpaired) electrons. The molecule has 32 heavy (non-hydrogen) atoms. The number of Topliss-reactive ketones (excluding diaryl/α,β-unsaturated/α-hetero) is 1. The Morgan fingerprint density at radius 3 is 2.38 bits per heavy atom. The fourth-order valence-electron chi connectivity index (χ4n) is 4.19. The number of amides is 1. The lowest BCUT2D eigenvalue weighted by Gasteiger charge is -2.23. The number of carbonyl (C=O) groups excluding carboxylic acids is 2. The van der Waals surface area contributed by atoms with Crippen LogP contribution in [0.1, 0.15) is 53.2 Å². The van der Waals surface area contributed by atoms with Crippen molar-refractivity contribution in [1.82, 2.24) is 0 Å². The number of halogens is 1. The summed E-state index contributed by atoms with van der Waals surface area (Å²) in [4.78, 5) is 28.0. The Morgan fingerprint density at radius 2 is 1.72 bits per heavy atom. The molecule has 0 spiro atoms. The second-order valence-electron chi connectivity index (χ2n) is 8.59. The number of rotatable bonds is 7. The minimum atomic E-state index is -1.94. The molecule has 0 saturated carbocycles. The van der Waals surface area contributed by atoms with Gasteiger partial charge < -0.3 is 10.0 Å². The highest BCUT2D eigenvalue weighted by Crippen LogP contribution is 2.44. The summed E-state index contributed by atoms with van der Waals surface area (Å²) >= 11 is 6.19. The van der Waals surface area contributed by atoms with Crippen molar-refractivity contribution in [3.05, 3.63) is 100 Å². The lowest BCUT2D eigenvalue weighted by atomic mass is 9.87. The smallest absolute Gasteiger partial charge is 0.264 e. The van der Waals surface area contributed by atoms with Gasteiger partial charge in [0.1, 0.15) is 0 Å². The summed E-state index contributed by atoms with van der Waals surface area (Å²) in [7, 11) is 0. The van der Waals surface area contributed by atoms with E-state index in [0.717, 1.165) is 11.1 Å². The molecule has 0 aromatic heterocycles.